The Balaban J connectivity index is 0.000000525. The fraction of sp³-hybridized carbons (Fsp3) is 0.963. The number of carboxylic acids is 1. The van der Waals surface area contributed by atoms with Gasteiger partial charge in [0, 0.05) is 5.57 Å². The molecule has 0 aromatic carbocycles. The van der Waals surface area contributed by atoms with Crippen molar-refractivity contribution in [3.63, 3.8) is 0 Å². The Hall–Kier alpha value is -0.790. The molecule has 5 saturated carbocycles. The van der Waals surface area contributed by atoms with Gasteiger partial charge in [0.1, 0.15) is 0 Å². The highest BCUT2D eigenvalue weighted by Gasteiger charge is 2.16. The number of carbonyl (C=O) groups is 1. The molecule has 0 atom stereocenters. The number of aliphatic carboxylic acids is 1. The van der Waals surface area contributed by atoms with Gasteiger partial charge < -0.3 is 5.11 Å². The molecule has 0 radical (unpaired) electrons. The van der Waals surface area contributed by atoms with Crippen molar-refractivity contribution >= 4 is 5.97 Å². The first-order valence-electron chi connectivity index (χ1n) is 40.1. The zero-order valence-electron chi connectivity index (χ0n) is 57.9. The lowest BCUT2D eigenvalue weighted by Gasteiger charge is -2.16. The molecule has 83 heavy (non-hydrogen) atoms. The summed E-state index contributed by atoms with van der Waals surface area (Å²) < 4.78 is 0. The van der Waals surface area contributed by atoms with Crippen LogP contribution in [-0.4, -0.2) is 11.1 Å². The topological polar surface area (TPSA) is 37.3 Å². The summed E-state index contributed by atoms with van der Waals surface area (Å²) in [6.07, 6.45) is 111. The van der Waals surface area contributed by atoms with Gasteiger partial charge in [0.2, 0.25) is 0 Å². The van der Waals surface area contributed by atoms with E-state index in [1.165, 1.54) is 475 Å². The lowest BCUT2D eigenvalue weighted by atomic mass is 9.90. The van der Waals surface area contributed by atoms with Gasteiger partial charge in [-0.15, -0.1) is 0 Å². The molecule has 1 N–H and O–H groups in total. The molecule has 494 valence electrons. The maximum atomic E-state index is 11.4. The molecule has 5 aliphatic rings. The molecule has 0 aromatic rings. The van der Waals surface area contributed by atoms with Crippen molar-refractivity contribution in [3.8, 4) is 0 Å². The van der Waals surface area contributed by atoms with Crippen LogP contribution in [0.4, 0.5) is 0 Å². The lowest BCUT2D eigenvalue weighted by molar-refractivity contribution is -0.133. The van der Waals surface area contributed by atoms with Crippen LogP contribution in [0.5, 0.6) is 0 Å². The molecule has 0 aliphatic heterocycles. The fourth-order valence-corrected chi connectivity index (χ4v) is 14.3. The summed E-state index contributed by atoms with van der Waals surface area (Å²) in [5.74, 6) is -0.145. The van der Waals surface area contributed by atoms with Crippen LogP contribution in [0, 0.1) is 11.8 Å². The molecule has 5 fully saturated rings. The molecular weight excluding hydrogens is 1000 g/mol. The summed E-state index contributed by atoms with van der Waals surface area (Å²) >= 11 is 0. The lowest BCUT2D eigenvalue weighted by Crippen LogP contribution is -2.10. The number of rotatable bonds is 3. The summed E-state index contributed by atoms with van der Waals surface area (Å²) in [5.41, 5.74) is 0.618. The van der Waals surface area contributed by atoms with E-state index in [4.69, 9.17) is 0 Å². The first-order valence-corrected chi connectivity index (χ1v) is 40.1. The first-order chi connectivity index (χ1) is 41.1. The molecule has 0 spiro atoms. The van der Waals surface area contributed by atoms with E-state index in [1.54, 1.807) is 0 Å². The zero-order chi connectivity index (χ0) is 59.3. The van der Waals surface area contributed by atoms with Gasteiger partial charge in [-0.1, -0.05) is 482 Å². The smallest absolute Gasteiger partial charge is 0.331 e. The minimum Gasteiger partial charge on any atom is -0.478 e. The third kappa shape index (κ3) is 65.5. The fourth-order valence-electron chi connectivity index (χ4n) is 14.3. The van der Waals surface area contributed by atoms with Gasteiger partial charge in [0.25, 0.3) is 0 Å². The predicted molar refractivity (Wildman–Crippen MR) is 376 cm³/mol. The van der Waals surface area contributed by atoms with Crippen molar-refractivity contribution in [2.45, 2.75) is 489 Å². The van der Waals surface area contributed by atoms with Crippen molar-refractivity contribution in [1.82, 2.24) is 0 Å². The van der Waals surface area contributed by atoms with Gasteiger partial charge in [-0.05, 0) is 24.7 Å². The molecule has 0 bridgehead atoms. The van der Waals surface area contributed by atoms with Crippen molar-refractivity contribution in [1.29, 1.82) is 0 Å². The van der Waals surface area contributed by atoms with Crippen LogP contribution in [0.1, 0.15) is 489 Å². The predicted octanol–water partition coefficient (Wildman–Crippen LogP) is 30.2. The van der Waals surface area contributed by atoms with Crippen LogP contribution < -0.4 is 0 Å². The molecule has 0 heterocycles. The molecule has 2 heteroatoms. The second-order valence-electron chi connectivity index (χ2n) is 28.9. The molecule has 5 rings (SSSR count). The van der Waals surface area contributed by atoms with Crippen LogP contribution in [0.25, 0.3) is 0 Å². The summed E-state index contributed by atoms with van der Waals surface area (Å²) in [5, 5.41) is 9.41. The van der Waals surface area contributed by atoms with Gasteiger partial charge in [0.15, 0.2) is 0 Å². The maximum absolute atomic E-state index is 11.4. The SMILES string of the molecule is C1CCCCCCCCCCCCCC1.C1CCCCCCCCCCCCCC1.C1CCCCCCCCCCCCCC1.C1CCCCCCCCCCCCCC1.CC(C)C(=CC1CCCCCCCCCCCCCC1)C(=O)O. The van der Waals surface area contributed by atoms with E-state index >= 15 is 0 Å². The number of hydrogen-bond acceptors (Lipinski definition) is 1. The van der Waals surface area contributed by atoms with Crippen LogP contribution in [0.2, 0.25) is 0 Å². The first kappa shape index (κ1) is 80.2. The molecule has 0 aromatic heterocycles. The van der Waals surface area contributed by atoms with E-state index in [1.807, 2.05) is 13.8 Å². The Morgan fingerprint density at radius 2 is 0.313 bits per heavy atom. The Kier molecular flexibility index (Phi) is 67.9. The average molecular weight is 1160 g/mol. The van der Waals surface area contributed by atoms with E-state index in [-0.39, 0.29) is 5.92 Å². The highest BCUT2D eigenvalue weighted by Crippen LogP contribution is 2.26. The molecule has 2 nitrogen and oxygen atoms in total. The van der Waals surface area contributed by atoms with Crippen molar-refractivity contribution in [2.24, 2.45) is 11.8 Å². The van der Waals surface area contributed by atoms with Crippen LogP contribution >= 0.6 is 0 Å². The number of hydrogen-bond donors (Lipinski definition) is 1. The largest absolute Gasteiger partial charge is 0.478 e. The Morgan fingerprint density at radius 3 is 0.398 bits per heavy atom. The summed E-state index contributed by atoms with van der Waals surface area (Å²) in [6, 6.07) is 0. The minimum atomic E-state index is -0.726. The standard InChI is InChI=1S/C21H38O2.4C15H30/c1-18(2)20(21(22)23)17-19-15-13-11-9-7-5-3-4-6-8-10-12-14-16-19;4*1-2-4-6-8-10-12-14-15-13-11-9-7-5-3-1/h17-19H,3-16H2,1-2H3,(H,22,23);4*1-15H2. The third-order valence-electron chi connectivity index (χ3n) is 20.2. The van der Waals surface area contributed by atoms with Gasteiger partial charge in [0.05, 0.1) is 0 Å². The molecular formula is C81H158O2. The van der Waals surface area contributed by atoms with E-state index in [2.05, 4.69) is 6.08 Å². The van der Waals surface area contributed by atoms with E-state index < -0.39 is 5.97 Å². The maximum Gasteiger partial charge on any atom is 0.331 e. The third-order valence-corrected chi connectivity index (χ3v) is 20.2. The van der Waals surface area contributed by atoms with Crippen LogP contribution in [0.3, 0.4) is 0 Å². The summed E-state index contributed by atoms with van der Waals surface area (Å²) in [7, 11) is 0. The van der Waals surface area contributed by atoms with Crippen molar-refractivity contribution in [3.05, 3.63) is 11.6 Å². The summed E-state index contributed by atoms with van der Waals surface area (Å²) in [6.45, 7) is 3.99. The number of carboxylic acid groups (broad SMARTS) is 1. The van der Waals surface area contributed by atoms with E-state index in [0.717, 1.165) is 0 Å². The quantitative estimate of drug-likeness (QED) is 0.286. The second kappa shape index (κ2) is 70.3. The van der Waals surface area contributed by atoms with Crippen LogP contribution in [-0.2, 0) is 4.79 Å². The van der Waals surface area contributed by atoms with Gasteiger partial charge in [-0.25, -0.2) is 4.79 Å². The summed E-state index contributed by atoms with van der Waals surface area (Å²) in [4.78, 5) is 11.4. The second-order valence-corrected chi connectivity index (χ2v) is 28.9. The Labute approximate surface area is 525 Å². The Bertz CT molecular complexity index is 863. The van der Waals surface area contributed by atoms with Crippen LogP contribution in [0.15, 0.2) is 11.6 Å². The molecule has 0 amide bonds. The normalized spacial score (nSPS) is 23.3. The van der Waals surface area contributed by atoms with E-state index in [0.29, 0.717) is 11.5 Å². The molecule has 5 aliphatic carbocycles. The Morgan fingerprint density at radius 1 is 0.217 bits per heavy atom. The highest BCUT2D eigenvalue weighted by atomic mass is 16.4. The van der Waals surface area contributed by atoms with Gasteiger partial charge in [-0.2, -0.15) is 0 Å². The zero-order valence-corrected chi connectivity index (χ0v) is 57.9. The molecule has 0 saturated heterocycles. The van der Waals surface area contributed by atoms with Crippen molar-refractivity contribution in [2.75, 3.05) is 0 Å². The molecule has 0 unspecified atom stereocenters. The number of allylic oxidation sites excluding steroid dienone is 1. The minimum absolute atomic E-state index is 0.115. The van der Waals surface area contributed by atoms with Gasteiger partial charge in [-0.3, -0.25) is 0 Å². The monoisotopic (exact) mass is 1160 g/mol. The van der Waals surface area contributed by atoms with Gasteiger partial charge >= 0.3 is 5.97 Å². The average Bonchev–Trinajstić information content (AvgIpc) is 3.56. The highest BCUT2D eigenvalue weighted by molar-refractivity contribution is 5.87. The van der Waals surface area contributed by atoms with Crippen molar-refractivity contribution < 1.29 is 9.90 Å². The van der Waals surface area contributed by atoms with E-state index in [9.17, 15) is 9.90 Å².